The Hall–Kier alpha value is -1.26. The second-order valence-electron chi connectivity index (χ2n) is 3.61. The first-order chi connectivity index (χ1) is 8.31. The molecule has 0 aliphatic heterocycles. The Bertz CT molecular complexity index is 317. The molecule has 0 bridgehead atoms. The van der Waals surface area contributed by atoms with Gasteiger partial charge in [0.1, 0.15) is 12.7 Å². The summed E-state index contributed by atoms with van der Waals surface area (Å²) >= 11 is 0. The SMILES string of the molecule is CCOc1ccccc1OCC(CNC)OC. The molecular weight excluding hydrogens is 218 g/mol. The molecular formula is C13H21NO3. The van der Waals surface area contributed by atoms with Crippen LogP contribution in [0.25, 0.3) is 0 Å². The van der Waals surface area contributed by atoms with Crippen molar-refractivity contribution in [2.45, 2.75) is 13.0 Å². The minimum absolute atomic E-state index is 0.0367. The van der Waals surface area contributed by atoms with Crippen LogP contribution in [0.3, 0.4) is 0 Å². The predicted octanol–water partition coefficient (Wildman–Crippen LogP) is 1.70. The average molecular weight is 239 g/mol. The molecule has 0 fully saturated rings. The largest absolute Gasteiger partial charge is 0.490 e. The van der Waals surface area contributed by atoms with Gasteiger partial charge in [-0.25, -0.2) is 0 Å². The van der Waals surface area contributed by atoms with E-state index in [9.17, 15) is 0 Å². The zero-order chi connectivity index (χ0) is 12.5. The smallest absolute Gasteiger partial charge is 0.161 e. The van der Waals surface area contributed by atoms with Crippen LogP contribution in [-0.2, 0) is 4.74 Å². The zero-order valence-corrected chi connectivity index (χ0v) is 10.7. The van der Waals surface area contributed by atoms with Crippen LogP contribution in [0.15, 0.2) is 24.3 Å². The molecule has 0 aliphatic carbocycles. The lowest BCUT2D eigenvalue weighted by Gasteiger charge is -2.17. The van der Waals surface area contributed by atoms with E-state index >= 15 is 0 Å². The highest BCUT2D eigenvalue weighted by Crippen LogP contribution is 2.26. The predicted molar refractivity (Wildman–Crippen MR) is 67.8 cm³/mol. The van der Waals surface area contributed by atoms with E-state index in [-0.39, 0.29) is 6.10 Å². The van der Waals surface area contributed by atoms with Crippen LogP contribution < -0.4 is 14.8 Å². The fourth-order valence-corrected chi connectivity index (χ4v) is 1.46. The molecule has 4 heteroatoms. The van der Waals surface area contributed by atoms with E-state index in [1.807, 2.05) is 38.2 Å². The Balaban J connectivity index is 2.55. The molecule has 0 aromatic heterocycles. The topological polar surface area (TPSA) is 39.7 Å². The van der Waals surface area contributed by atoms with E-state index in [0.717, 1.165) is 18.0 Å². The maximum atomic E-state index is 5.71. The van der Waals surface area contributed by atoms with Crippen molar-refractivity contribution >= 4 is 0 Å². The van der Waals surface area contributed by atoms with Gasteiger partial charge in [-0.05, 0) is 26.1 Å². The first kappa shape index (κ1) is 13.8. The lowest BCUT2D eigenvalue weighted by atomic mass is 10.3. The van der Waals surface area contributed by atoms with Gasteiger partial charge in [-0.15, -0.1) is 0 Å². The summed E-state index contributed by atoms with van der Waals surface area (Å²) in [7, 11) is 3.57. The van der Waals surface area contributed by atoms with Gasteiger partial charge in [0.05, 0.1) is 6.61 Å². The van der Waals surface area contributed by atoms with E-state index < -0.39 is 0 Å². The molecule has 1 aromatic rings. The zero-order valence-electron chi connectivity index (χ0n) is 10.7. The van der Waals surface area contributed by atoms with Crippen LogP contribution in [0.1, 0.15) is 6.92 Å². The van der Waals surface area contributed by atoms with Gasteiger partial charge in [0.25, 0.3) is 0 Å². The van der Waals surface area contributed by atoms with Crippen molar-refractivity contribution in [3.63, 3.8) is 0 Å². The number of nitrogens with one attached hydrogen (secondary N) is 1. The van der Waals surface area contributed by atoms with Crippen LogP contribution in [0, 0.1) is 0 Å². The Labute approximate surface area is 103 Å². The summed E-state index contributed by atoms with van der Waals surface area (Å²) in [6.07, 6.45) is 0.0367. The van der Waals surface area contributed by atoms with E-state index in [0.29, 0.717) is 13.2 Å². The second-order valence-corrected chi connectivity index (χ2v) is 3.61. The second kappa shape index (κ2) is 7.92. The van der Waals surface area contributed by atoms with E-state index in [2.05, 4.69) is 5.32 Å². The average Bonchev–Trinajstić information content (AvgIpc) is 2.36. The molecule has 1 rings (SSSR count). The Morgan fingerprint density at radius 2 is 1.82 bits per heavy atom. The number of hydrogen-bond donors (Lipinski definition) is 1. The third-order valence-electron chi connectivity index (χ3n) is 2.34. The van der Waals surface area contributed by atoms with Gasteiger partial charge < -0.3 is 19.5 Å². The Morgan fingerprint density at radius 1 is 1.18 bits per heavy atom. The Kier molecular flexibility index (Phi) is 6.43. The first-order valence-corrected chi connectivity index (χ1v) is 5.83. The van der Waals surface area contributed by atoms with Crippen LogP contribution in [-0.4, -0.2) is 40.0 Å². The molecule has 0 saturated carbocycles. The Morgan fingerprint density at radius 3 is 2.35 bits per heavy atom. The van der Waals surface area contributed by atoms with Crippen LogP contribution >= 0.6 is 0 Å². The summed E-state index contributed by atoms with van der Waals surface area (Å²) < 4.78 is 16.5. The molecule has 1 atom stereocenters. The molecule has 0 heterocycles. The molecule has 17 heavy (non-hydrogen) atoms. The number of rotatable bonds is 8. The van der Waals surface area contributed by atoms with Gasteiger partial charge in [0.15, 0.2) is 11.5 Å². The van der Waals surface area contributed by atoms with Crippen LogP contribution in [0.5, 0.6) is 11.5 Å². The van der Waals surface area contributed by atoms with Crippen molar-refractivity contribution in [1.82, 2.24) is 5.32 Å². The summed E-state index contributed by atoms with van der Waals surface area (Å²) in [4.78, 5) is 0. The van der Waals surface area contributed by atoms with Crippen molar-refractivity contribution in [2.24, 2.45) is 0 Å². The van der Waals surface area contributed by atoms with Crippen LogP contribution in [0.2, 0.25) is 0 Å². The molecule has 1 unspecified atom stereocenters. The molecule has 96 valence electrons. The molecule has 0 radical (unpaired) electrons. The summed E-state index contributed by atoms with van der Waals surface area (Å²) in [6.45, 7) is 3.84. The maximum Gasteiger partial charge on any atom is 0.161 e. The van der Waals surface area contributed by atoms with Gasteiger partial charge in [-0.3, -0.25) is 0 Å². The number of likely N-dealkylation sites (N-methyl/N-ethyl adjacent to an activating group) is 1. The van der Waals surface area contributed by atoms with Crippen molar-refractivity contribution in [3.8, 4) is 11.5 Å². The lowest BCUT2D eigenvalue weighted by molar-refractivity contribution is 0.0583. The van der Waals surface area contributed by atoms with Crippen molar-refractivity contribution in [2.75, 3.05) is 33.9 Å². The molecule has 0 spiro atoms. The maximum absolute atomic E-state index is 5.71. The molecule has 1 aromatic carbocycles. The quantitative estimate of drug-likeness (QED) is 0.749. The molecule has 1 N–H and O–H groups in total. The van der Waals surface area contributed by atoms with Gasteiger partial charge in [0, 0.05) is 13.7 Å². The summed E-state index contributed by atoms with van der Waals surface area (Å²) in [5.74, 6) is 1.53. The molecule has 0 saturated heterocycles. The van der Waals surface area contributed by atoms with Gasteiger partial charge in [-0.1, -0.05) is 12.1 Å². The monoisotopic (exact) mass is 239 g/mol. The number of benzene rings is 1. The lowest BCUT2D eigenvalue weighted by Crippen LogP contribution is -2.31. The standard InChI is InChI=1S/C13H21NO3/c1-4-16-12-7-5-6-8-13(12)17-10-11(15-3)9-14-2/h5-8,11,14H,4,9-10H2,1-3H3. The van der Waals surface area contributed by atoms with E-state index in [1.54, 1.807) is 7.11 Å². The number of methoxy groups -OCH3 is 1. The fourth-order valence-electron chi connectivity index (χ4n) is 1.46. The summed E-state index contributed by atoms with van der Waals surface area (Å²) in [6, 6.07) is 7.66. The first-order valence-electron chi connectivity index (χ1n) is 5.83. The minimum Gasteiger partial charge on any atom is -0.490 e. The van der Waals surface area contributed by atoms with Crippen LogP contribution in [0.4, 0.5) is 0 Å². The van der Waals surface area contributed by atoms with E-state index in [4.69, 9.17) is 14.2 Å². The van der Waals surface area contributed by atoms with Crippen molar-refractivity contribution in [1.29, 1.82) is 0 Å². The molecule has 0 amide bonds. The number of hydrogen-bond acceptors (Lipinski definition) is 4. The minimum atomic E-state index is 0.0367. The van der Waals surface area contributed by atoms with Crippen molar-refractivity contribution < 1.29 is 14.2 Å². The van der Waals surface area contributed by atoms with E-state index in [1.165, 1.54) is 0 Å². The molecule has 0 aliphatic rings. The third kappa shape index (κ3) is 4.63. The highest BCUT2D eigenvalue weighted by molar-refractivity contribution is 5.39. The fraction of sp³-hybridized carbons (Fsp3) is 0.538. The molecule has 4 nitrogen and oxygen atoms in total. The number of para-hydroxylation sites is 2. The highest BCUT2D eigenvalue weighted by Gasteiger charge is 2.09. The van der Waals surface area contributed by atoms with Gasteiger partial charge in [0.2, 0.25) is 0 Å². The van der Waals surface area contributed by atoms with Gasteiger partial charge >= 0.3 is 0 Å². The summed E-state index contributed by atoms with van der Waals surface area (Å²) in [5, 5.41) is 3.06. The number of ether oxygens (including phenoxy) is 3. The summed E-state index contributed by atoms with van der Waals surface area (Å²) in [5.41, 5.74) is 0. The third-order valence-corrected chi connectivity index (χ3v) is 2.34. The highest BCUT2D eigenvalue weighted by atomic mass is 16.5. The normalized spacial score (nSPS) is 12.2. The van der Waals surface area contributed by atoms with Crippen molar-refractivity contribution in [3.05, 3.63) is 24.3 Å². The van der Waals surface area contributed by atoms with Gasteiger partial charge in [-0.2, -0.15) is 0 Å².